The number of benzene rings is 1. The number of alkyl halides is 3. The van der Waals surface area contributed by atoms with Crippen LogP contribution in [0.4, 0.5) is 18.9 Å². The summed E-state index contributed by atoms with van der Waals surface area (Å²) in [7, 11) is 0. The van der Waals surface area contributed by atoms with Crippen molar-refractivity contribution in [2.75, 3.05) is 31.2 Å². The number of hydrogen-bond donors (Lipinski definition) is 2. The first-order valence-corrected chi connectivity index (χ1v) is 5.78. The van der Waals surface area contributed by atoms with Crippen LogP contribution in [0.1, 0.15) is 11.1 Å². The molecule has 1 heterocycles. The topological polar surface area (TPSA) is 62.3 Å². The Kier molecular flexibility index (Phi) is 3.66. The lowest BCUT2D eigenvalue weighted by atomic mass is 10.1. The quantitative estimate of drug-likeness (QED) is 0.638. The average molecular weight is 273 g/mol. The van der Waals surface area contributed by atoms with Crippen molar-refractivity contribution in [2.45, 2.75) is 6.18 Å². The third kappa shape index (κ3) is 2.98. The van der Waals surface area contributed by atoms with E-state index >= 15 is 0 Å². The maximum Gasteiger partial charge on any atom is 0.416 e. The molecule has 1 aliphatic rings. The summed E-state index contributed by atoms with van der Waals surface area (Å²) in [6.45, 7) is 2.17. The fourth-order valence-electron chi connectivity index (χ4n) is 2.01. The third-order valence-corrected chi connectivity index (χ3v) is 2.97. The summed E-state index contributed by atoms with van der Waals surface area (Å²) in [5.74, 6) is -0.368. The van der Waals surface area contributed by atoms with E-state index in [9.17, 15) is 13.2 Å². The number of nitrogens with zero attached hydrogens (tertiary/aromatic N) is 1. The van der Waals surface area contributed by atoms with Crippen LogP contribution >= 0.6 is 0 Å². The van der Waals surface area contributed by atoms with Gasteiger partial charge in [0.1, 0.15) is 5.84 Å². The van der Waals surface area contributed by atoms with E-state index in [4.69, 9.17) is 15.9 Å². The summed E-state index contributed by atoms with van der Waals surface area (Å²) in [5, 5.41) is 7.45. The molecule has 4 nitrogen and oxygen atoms in total. The normalized spacial score (nSPS) is 16.5. The molecule has 19 heavy (non-hydrogen) atoms. The van der Waals surface area contributed by atoms with Gasteiger partial charge in [-0.2, -0.15) is 13.2 Å². The van der Waals surface area contributed by atoms with Crippen LogP contribution in [0.3, 0.4) is 0 Å². The molecule has 0 radical (unpaired) electrons. The van der Waals surface area contributed by atoms with Gasteiger partial charge in [-0.1, -0.05) is 0 Å². The fourth-order valence-corrected chi connectivity index (χ4v) is 2.01. The monoisotopic (exact) mass is 273 g/mol. The Morgan fingerprint density at radius 2 is 1.89 bits per heavy atom. The van der Waals surface area contributed by atoms with Crippen LogP contribution in [0, 0.1) is 5.41 Å². The van der Waals surface area contributed by atoms with Crippen LogP contribution in [0.5, 0.6) is 0 Å². The van der Waals surface area contributed by atoms with Crippen molar-refractivity contribution in [3.8, 4) is 0 Å². The number of nitrogens with one attached hydrogen (secondary N) is 1. The van der Waals surface area contributed by atoms with Gasteiger partial charge in [0.2, 0.25) is 0 Å². The first-order chi connectivity index (χ1) is 8.89. The molecule has 0 aromatic heterocycles. The zero-order chi connectivity index (χ0) is 14.0. The van der Waals surface area contributed by atoms with E-state index in [1.165, 1.54) is 6.07 Å². The number of amidine groups is 1. The molecule has 0 saturated carbocycles. The van der Waals surface area contributed by atoms with E-state index in [0.29, 0.717) is 32.0 Å². The van der Waals surface area contributed by atoms with Crippen LogP contribution in [-0.4, -0.2) is 32.1 Å². The summed E-state index contributed by atoms with van der Waals surface area (Å²) in [6.07, 6.45) is -4.44. The lowest BCUT2D eigenvalue weighted by Gasteiger charge is -2.30. The van der Waals surface area contributed by atoms with Crippen molar-refractivity contribution >= 4 is 11.5 Å². The Labute approximate surface area is 108 Å². The summed E-state index contributed by atoms with van der Waals surface area (Å²) in [5.41, 5.74) is 5.25. The Balaban J connectivity index is 2.40. The van der Waals surface area contributed by atoms with Crippen molar-refractivity contribution in [3.63, 3.8) is 0 Å². The highest BCUT2D eigenvalue weighted by Gasteiger charge is 2.31. The molecule has 1 fully saturated rings. The zero-order valence-electron chi connectivity index (χ0n) is 10.1. The van der Waals surface area contributed by atoms with Gasteiger partial charge in [0.15, 0.2) is 0 Å². The number of ether oxygens (including phenoxy) is 1. The predicted octanol–water partition coefficient (Wildman–Crippen LogP) is 1.83. The largest absolute Gasteiger partial charge is 0.416 e. The van der Waals surface area contributed by atoms with Gasteiger partial charge in [-0.3, -0.25) is 5.41 Å². The lowest BCUT2D eigenvalue weighted by Crippen LogP contribution is -2.37. The molecule has 0 bridgehead atoms. The molecule has 0 atom stereocenters. The van der Waals surface area contributed by atoms with Gasteiger partial charge in [-0.25, -0.2) is 0 Å². The highest BCUT2D eigenvalue weighted by Crippen LogP contribution is 2.33. The summed E-state index contributed by atoms with van der Waals surface area (Å²) in [4.78, 5) is 1.88. The molecule has 0 unspecified atom stereocenters. The Morgan fingerprint density at radius 3 is 2.42 bits per heavy atom. The Morgan fingerprint density at radius 1 is 1.26 bits per heavy atom. The third-order valence-electron chi connectivity index (χ3n) is 2.97. The number of anilines is 1. The van der Waals surface area contributed by atoms with E-state index in [1.807, 2.05) is 4.90 Å². The second-order valence-corrected chi connectivity index (χ2v) is 4.24. The van der Waals surface area contributed by atoms with E-state index < -0.39 is 11.7 Å². The molecule has 0 spiro atoms. The predicted molar refractivity (Wildman–Crippen MR) is 65.5 cm³/mol. The van der Waals surface area contributed by atoms with E-state index in [-0.39, 0.29) is 11.4 Å². The van der Waals surface area contributed by atoms with E-state index in [2.05, 4.69) is 0 Å². The highest BCUT2D eigenvalue weighted by atomic mass is 19.4. The van der Waals surface area contributed by atoms with Crippen molar-refractivity contribution in [1.29, 1.82) is 5.41 Å². The molecule has 1 aromatic rings. The molecular weight excluding hydrogens is 259 g/mol. The number of nitrogens with two attached hydrogens (primary N) is 1. The summed E-state index contributed by atoms with van der Waals surface area (Å²) < 4.78 is 43.2. The Hall–Kier alpha value is -1.76. The van der Waals surface area contributed by atoms with Crippen molar-refractivity contribution < 1.29 is 17.9 Å². The van der Waals surface area contributed by atoms with E-state index in [0.717, 1.165) is 12.1 Å². The van der Waals surface area contributed by atoms with E-state index in [1.54, 1.807) is 0 Å². The maximum atomic E-state index is 12.7. The van der Waals surface area contributed by atoms with Crippen LogP contribution in [0.2, 0.25) is 0 Å². The van der Waals surface area contributed by atoms with Gasteiger partial charge in [-0.05, 0) is 18.2 Å². The summed E-state index contributed by atoms with van der Waals surface area (Å²) in [6, 6.07) is 3.30. The molecule has 0 amide bonds. The minimum atomic E-state index is -4.44. The number of hydrogen-bond acceptors (Lipinski definition) is 3. The van der Waals surface area contributed by atoms with Crippen molar-refractivity contribution in [2.24, 2.45) is 5.73 Å². The van der Waals surface area contributed by atoms with Crippen LogP contribution in [0.25, 0.3) is 0 Å². The molecular formula is C12H14F3N3O. The molecule has 1 saturated heterocycles. The van der Waals surface area contributed by atoms with Crippen LogP contribution in [0.15, 0.2) is 18.2 Å². The molecule has 3 N–H and O–H groups in total. The number of halogens is 3. The van der Waals surface area contributed by atoms with Crippen molar-refractivity contribution in [1.82, 2.24) is 0 Å². The smallest absolute Gasteiger partial charge is 0.384 e. The van der Waals surface area contributed by atoms with Gasteiger partial charge >= 0.3 is 6.18 Å². The van der Waals surface area contributed by atoms with Gasteiger partial charge < -0.3 is 15.4 Å². The molecule has 2 rings (SSSR count). The standard InChI is InChI=1S/C12H14F3N3O/c13-12(14,15)8-1-2-10(9(7-8)11(16)17)18-3-5-19-6-4-18/h1-2,7H,3-6H2,(H3,16,17). The zero-order valence-corrected chi connectivity index (χ0v) is 10.1. The maximum absolute atomic E-state index is 12.7. The minimum Gasteiger partial charge on any atom is -0.384 e. The SMILES string of the molecule is N=C(N)c1cc(C(F)(F)F)ccc1N1CCOCC1. The number of morpholine rings is 1. The van der Waals surface area contributed by atoms with Crippen molar-refractivity contribution in [3.05, 3.63) is 29.3 Å². The van der Waals surface area contributed by atoms with Gasteiger partial charge in [0.25, 0.3) is 0 Å². The first-order valence-electron chi connectivity index (χ1n) is 5.78. The minimum absolute atomic E-state index is 0.108. The average Bonchev–Trinajstić information content (AvgIpc) is 2.38. The van der Waals surface area contributed by atoms with Crippen LogP contribution < -0.4 is 10.6 Å². The molecule has 104 valence electrons. The second-order valence-electron chi connectivity index (χ2n) is 4.24. The summed E-state index contributed by atoms with van der Waals surface area (Å²) >= 11 is 0. The number of nitrogen functional groups attached to an aromatic ring is 1. The fraction of sp³-hybridized carbons (Fsp3) is 0.417. The second kappa shape index (κ2) is 5.08. The number of rotatable bonds is 2. The van der Waals surface area contributed by atoms with Crippen LogP contribution in [-0.2, 0) is 10.9 Å². The molecule has 1 aromatic carbocycles. The lowest BCUT2D eigenvalue weighted by molar-refractivity contribution is -0.137. The molecule has 7 heteroatoms. The highest BCUT2D eigenvalue weighted by molar-refractivity contribution is 6.00. The first kappa shape index (κ1) is 13.7. The Bertz CT molecular complexity index is 482. The van der Waals surface area contributed by atoms with Gasteiger partial charge in [-0.15, -0.1) is 0 Å². The van der Waals surface area contributed by atoms with Gasteiger partial charge in [0, 0.05) is 24.3 Å². The van der Waals surface area contributed by atoms with Gasteiger partial charge in [0.05, 0.1) is 18.8 Å². The molecule has 0 aliphatic carbocycles. The molecule has 1 aliphatic heterocycles.